The summed E-state index contributed by atoms with van der Waals surface area (Å²) in [6.45, 7) is 4.32. The van der Waals surface area contributed by atoms with Crippen LogP contribution < -0.4 is 5.32 Å². The van der Waals surface area contributed by atoms with E-state index >= 15 is 0 Å². The minimum atomic E-state index is 0.412. The topological polar surface area (TPSA) is 32.3 Å². The molecule has 1 unspecified atom stereocenters. The van der Waals surface area contributed by atoms with Crippen LogP contribution in [0.2, 0.25) is 0 Å². The van der Waals surface area contributed by atoms with Gasteiger partial charge in [0.05, 0.1) is 0 Å². The normalized spacial score (nSPS) is 34.0. The Morgan fingerprint density at radius 3 is 2.82 bits per heavy atom. The van der Waals surface area contributed by atoms with Gasteiger partial charge in [0, 0.05) is 31.5 Å². The minimum absolute atomic E-state index is 0.412. The fourth-order valence-electron chi connectivity index (χ4n) is 3.50. The number of likely N-dealkylation sites (tertiary alicyclic amines) is 1. The fourth-order valence-corrected chi connectivity index (χ4v) is 3.50. The molecule has 0 aromatic carbocycles. The monoisotopic (exact) mass is 236 g/mol. The molecule has 2 aliphatic heterocycles. The second kappa shape index (κ2) is 4.60. The molecule has 1 saturated carbocycles. The Hall–Kier alpha value is -0.570. The summed E-state index contributed by atoms with van der Waals surface area (Å²) < 4.78 is 0. The van der Waals surface area contributed by atoms with Gasteiger partial charge in [0.1, 0.15) is 0 Å². The number of nitrogens with zero attached hydrogens (tertiary/aromatic N) is 1. The van der Waals surface area contributed by atoms with Crippen LogP contribution in [0.4, 0.5) is 0 Å². The Morgan fingerprint density at radius 2 is 2.12 bits per heavy atom. The molecule has 1 atom stereocenters. The van der Waals surface area contributed by atoms with Crippen LogP contribution >= 0.6 is 0 Å². The van der Waals surface area contributed by atoms with E-state index in [9.17, 15) is 4.79 Å². The van der Waals surface area contributed by atoms with Crippen LogP contribution in [0.3, 0.4) is 0 Å². The summed E-state index contributed by atoms with van der Waals surface area (Å²) in [7, 11) is 0. The fraction of sp³-hybridized carbons (Fsp3) is 0.929. The third kappa shape index (κ3) is 2.65. The molecule has 0 bridgehead atoms. The molecule has 96 valence electrons. The number of piperidine rings is 2. The molecule has 3 fully saturated rings. The predicted octanol–water partition coefficient (Wildman–Crippen LogP) is 1.78. The number of nitrogens with one attached hydrogen (secondary N) is 1. The molecule has 1 amide bonds. The number of hydrogen-bond donors (Lipinski definition) is 1. The molecule has 1 spiro atoms. The number of rotatable bonds is 2. The van der Waals surface area contributed by atoms with Crippen molar-refractivity contribution in [3.63, 3.8) is 0 Å². The highest BCUT2D eigenvalue weighted by Gasteiger charge is 2.38. The maximum absolute atomic E-state index is 12.2. The highest BCUT2D eigenvalue weighted by Crippen LogP contribution is 2.38. The molecule has 3 heteroatoms. The second-order valence-corrected chi connectivity index (χ2v) is 6.35. The van der Waals surface area contributed by atoms with Crippen molar-refractivity contribution in [3.8, 4) is 0 Å². The minimum Gasteiger partial charge on any atom is -0.342 e. The van der Waals surface area contributed by atoms with Gasteiger partial charge in [-0.15, -0.1) is 0 Å². The number of hydrogen-bond acceptors (Lipinski definition) is 2. The summed E-state index contributed by atoms with van der Waals surface area (Å²) in [5.74, 6) is 1.15. The molecule has 3 rings (SSSR count). The van der Waals surface area contributed by atoms with Crippen LogP contribution in [0.5, 0.6) is 0 Å². The van der Waals surface area contributed by atoms with Gasteiger partial charge in [-0.3, -0.25) is 4.79 Å². The van der Waals surface area contributed by atoms with Crippen molar-refractivity contribution in [1.82, 2.24) is 10.2 Å². The zero-order chi connectivity index (χ0) is 11.7. The predicted molar refractivity (Wildman–Crippen MR) is 67.7 cm³/mol. The van der Waals surface area contributed by atoms with Gasteiger partial charge in [-0.05, 0) is 51.0 Å². The summed E-state index contributed by atoms with van der Waals surface area (Å²) in [6.07, 6.45) is 8.51. The van der Waals surface area contributed by atoms with Crippen molar-refractivity contribution >= 4 is 5.91 Å². The molecule has 1 aliphatic carbocycles. The van der Waals surface area contributed by atoms with Crippen LogP contribution in [0.1, 0.15) is 44.9 Å². The number of amides is 1. The third-order valence-electron chi connectivity index (χ3n) is 4.73. The van der Waals surface area contributed by atoms with Crippen molar-refractivity contribution < 1.29 is 4.79 Å². The molecule has 0 radical (unpaired) electrons. The first-order valence-electron chi connectivity index (χ1n) is 7.26. The quantitative estimate of drug-likeness (QED) is 0.792. The highest BCUT2D eigenvalue weighted by atomic mass is 16.2. The highest BCUT2D eigenvalue weighted by molar-refractivity contribution is 5.76. The number of carbonyl (C=O) groups excluding carboxylic acids is 1. The Bertz CT molecular complexity index is 287. The van der Waals surface area contributed by atoms with Gasteiger partial charge in [0.15, 0.2) is 0 Å². The van der Waals surface area contributed by atoms with E-state index in [-0.39, 0.29) is 0 Å². The molecule has 3 nitrogen and oxygen atoms in total. The lowest BCUT2D eigenvalue weighted by molar-refractivity contribution is -0.135. The smallest absolute Gasteiger partial charge is 0.222 e. The molecule has 1 N–H and O–H groups in total. The van der Waals surface area contributed by atoms with E-state index in [0.717, 1.165) is 38.5 Å². The van der Waals surface area contributed by atoms with Crippen LogP contribution in [0.15, 0.2) is 0 Å². The van der Waals surface area contributed by atoms with E-state index in [0.29, 0.717) is 11.3 Å². The van der Waals surface area contributed by atoms with Gasteiger partial charge < -0.3 is 10.2 Å². The van der Waals surface area contributed by atoms with E-state index in [1.165, 1.54) is 38.5 Å². The van der Waals surface area contributed by atoms with Crippen molar-refractivity contribution in [1.29, 1.82) is 0 Å². The van der Waals surface area contributed by atoms with Gasteiger partial charge in [-0.1, -0.05) is 0 Å². The van der Waals surface area contributed by atoms with E-state index in [2.05, 4.69) is 10.2 Å². The van der Waals surface area contributed by atoms with Gasteiger partial charge in [-0.25, -0.2) is 0 Å². The first-order valence-corrected chi connectivity index (χ1v) is 7.26. The zero-order valence-electron chi connectivity index (χ0n) is 10.7. The van der Waals surface area contributed by atoms with Gasteiger partial charge in [0.2, 0.25) is 5.91 Å². The number of carbonyl (C=O) groups is 1. The molecule has 0 aromatic heterocycles. The Balaban J connectivity index is 1.59. The van der Waals surface area contributed by atoms with Crippen molar-refractivity contribution in [2.75, 3.05) is 26.2 Å². The van der Waals surface area contributed by atoms with Crippen molar-refractivity contribution in [3.05, 3.63) is 0 Å². The lowest BCUT2D eigenvalue weighted by atomic mass is 9.74. The largest absolute Gasteiger partial charge is 0.342 e. The maximum Gasteiger partial charge on any atom is 0.222 e. The summed E-state index contributed by atoms with van der Waals surface area (Å²) in [6, 6.07) is 0. The molecule has 2 saturated heterocycles. The molecular formula is C14H24N2O. The first-order chi connectivity index (χ1) is 8.27. The molecular weight excluding hydrogens is 212 g/mol. The first kappa shape index (κ1) is 11.5. The molecule has 3 aliphatic rings. The van der Waals surface area contributed by atoms with Crippen LogP contribution in [0.25, 0.3) is 0 Å². The summed E-state index contributed by atoms with van der Waals surface area (Å²) >= 11 is 0. The molecule has 17 heavy (non-hydrogen) atoms. The lowest BCUT2D eigenvalue weighted by Crippen LogP contribution is -2.52. The van der Waals surface area contributed by atoms with E-state index in [1.807, 2.05) is 0 Å². The SMILES string of the molecule is O=C(CC1CC1)N1CCCC2(CCCNC2)C1. The third-order valence-corrected chi connectivity index (χ3v) is 4.73. The summed E-state index contributed by atoms with van der Waals surface area (Å²) in [4.78, 5) is 14.3. The Kier molecular flexibility index (Phi) is 3.12. The van der Waals surface area contributed by atoms with Crippen LogP contribution in [-0.4, -0.2) is 37.0 Å². The van der Waals surface area contributed by atoms with Crippen molar-refractivity contribution in [2.45, 2.75) is 44.9 Å². The standard InChI is InChI=1S/C14H24N2O/c17-13(9-12-3-4-12)16-8-2-6-14(11-16)5-1-7-15-10-14/h12,15H,1-11H2. The van der Waals surface area contributed by atoms with Gasteiger partial charge in [0.25, 0.3) is 0 Å². The Morgan fingerprint density at radius 1 is 1.29 bits per heavy atom. The molecule has 0 aromatic rings. The van der Waals surface area contributed by atoms with E-state index in [1.54, 1.807) is 0 Å². The van der Waals surface area contributed by atoms with Crippen LogP contribution in [-0.2, 0) is 4.79 Å². The zero-order valence-corrected chi connectivity index (χ0v) is 10.7. The van der Waals surface area contributed by atoms with E-state index < -0.39 is 0 Å². The van der Waals surface area contributed by atoms with E-state index in [4.69, 9.17) is 0 Å². The van der Waals surface area contributed by atoms with Crippen LogP contribution in [0, 0.1) is 11.3 Å². The summed E-state index contributed by atoms with van der Waals surface area (Å²) in [5.41, 5.74) is 0.412. The average Bonchev–Trinajstić information content (AvgIpc) is 3.14. The molecule has 2 heterocycles. The maximum atomic E-state index is 12.2. The van der Waals surface area contributed by atoms with Crippen molar-refractivity contribution in [2.24, 2.45) is 11.3 Å². The Labute approximate surface area is 104 Å². The second-order valence-electron chi connectivity index (χ2n) is 6.35. The average molecular weight is 236 g/mol. The van der Waals surface area contributed by atoms with Gasteiger partial charge in [-0.2, -0.15) is 0 Å². The van der Waals surface area contributed by atoms with Gasteiger partial charge >= 0.3 is 0 Å². The summed E-state index contributed by atoms with van der Waals surface area (Å²) in [5, 5.41) is 3.52. The lowest BCUT2D eigenvalue weighted by Gasteiger charge is -2.45.